The van der Waals surface area contributed by atoms with Crippen molar-refractivity contribution in [1.29, 1.82) is 0 Å². The second kappa shape index (κ2) is 5.27. The van der Waals surface area contributed by atoms with Gasteiger partial charge in [0.1, 0.15) is 5.78 Å². The van der Waals surface area contributed by atoms with Gasteiger partial charge in [-0.2, -0.15) is 0 Å². The number of carbonyl (C=O) groups excluding carboxylic acids is 1. The maximum absolute atomic E-state index is 12.2. The van der Waals surface area contributed by atoms with Crippen molar-refractivity contribution in [3.05, 3.63) is 0 Å². The van der Waals surface area contributed by atoms with E-state index in [-0.39, 0.29) is 17.1 Å². The summed E-state index contributed by atoms with van der Waals surface area (Å²) in [6, 6.07) is 0. The fourth-order valence-electron chi connectivity index (χ4n) is 2.66. The Kier molecular flexibility index (Phi) is 4.09. The van der Waals surface area contributed by atoms with Gasteiger partial charge >= 0.3 is 0 Å². The van der Waals surface area contributed by atoms with E-state index in [0.717, 1.165) is 25.9 Å². The van der Waals surface area contributed by atoms with Crippen LogP contribution in [0.2, 0.25) is 0 Å². The van der Waals surface area contributed by atoms with Gasteiger partial charge in [0.25, 0.3) is 0 Å². The maximum atomic E-state index is 12.2. The van der Waals surface area contributed by atoms with E-state index in [2.05, 4.69) is 26.1 Å². The van der Waals surface area contributed by atoms with Crippen LogP contribution in [0.5, 0.6) is 0 Å². The number of nitrogens with one attached hydrogen (secondary N) is 1. The molecule has 2 rings (SSSR count). The molecule has 0 amide bonds. The predicted octanol–water partition coefficient (Wildman–Crippen LogP) is 1.53. The van der Waals surface area contributed by atoms with Crippen molar-refractivity contribution in [2.75, 3.05) is 26.4 Å². The molecule has 18 heavy (non-hydrogen) atoms. The molecule has 2 aliphatic rings. The SMILES string of the molecule is CC(C)(C)NCC(=O)C1CCOC2(CCOC2)C1. The zero-order valence-electron chi connectivity index (χ0n) is 11.8. The van der Waals surface area contributed by atoms with E-state index in [0.29, 0.717) is 25.5 Å². The van der Waals surface area contributed by atoms with Crippen LogP contribution in [0.25, 0.3) is 0 Å². The fraction of sp³-hybridized carbons (Fsp3) is 0.929. The van der Waals surface area contributed by atoms with Gasteiger partial charge in [-0.05, 0) is 33.6 Å². The molecule has 2 aliphatic heterocycles. The lowest BCUT2D eigenvalue weighted by molar-refractivity contribution is -0.136. The Morgan fingerprint density at radius 3 is 2.78 bits per heavy atom. The molecule has 2 saturated heterocycles. The number of carbonyl (C=O) groups is 1. The minimum atomic E-state index is -0.166. The molecule has 0 aliphatic carbocycles. The highest BCUT2D eigenvalue weighted by Gasteiger charge is 2.42. The van der Waals surface area contributed by atoms with Crippen molar-refractivity contribution in [2.45, 2.75) is 51.2 Å². The molecule has 0 aromatic rings. The Balaban J connectivity index is 1.86. The summed E-state index contributed by atoms with van der Waals surface area (Å²) in [5, 5.41) is 3.28. The highest BCUT2D eigenvalue weighted by atomic mass is 16.6. The molecule has 0 bridgehead atoms. The summed E-state index contributed by atoms with van der Waals surface area (Å²) < 4.78 is 11.3. The highest BCUT2D eigenvalue weighted by Crippen LogP contribution is 2.36. The number of hydrogen-bond acceptors (Lipinski definition) is 4. The smallest absolute Gasteiger partial charge is 0.149 e. The number of ether oxygens (including phenoxy) is 2. The first kappa shape index (κ1) is 14.0. The maximum Gasteiger partial charge on any atom is 0.149 e. The first-order chi connectivity index (χ1) is 8.40. The fourth-order valence-corrected chi connectivity index (χ4v) is 2.66. The van der Waals surface area contributed by atoms with Crippen LogP contribution in [0.15, 0.2) is 0 Å². The summed E-state index contributed by atoms with van der Waals surface area (Å²) in [6.45, 7) is 8.81. The van der Waals surface area contributed by atoms with E-state index >= 15 is 0 Å². The van der Waals surface area contributed by atoms with Crippen molar-refractivity contribution in [3.63, 3.8) is 0 Å². The van der Waals surface area contributed by atoms with Crippen molar-refractivity contribution >= 4 is 5.78 Å². The monoisotopic (exact) mass is 255 g/mol. The van der Waals surface area contributed by atoms with E-state index in [1.54, 1.807) is 0 Å². The average molecular weight is 255 g/mol. The average Bonchev–Trinajstić information content (AvgIpc) is 2.73. The Labute approximate surface area is 109 Å². The number of rotatable bonds is 3. The second-order valence-electron chi connectivity index (χ2n) is 6.59. The molecule has 1 N–H and O–H groups in total. The van der Waals surface area contributed by atoms with Crippen molar-refractivity contribution in [1.82, 2.24) is 5.32 Å². The van der Waals surface area contributed by atoms with E-state index < -0.39 is 0 Å². The predicted molar refractivity (Wildman–Crippen MR) is 69.6 cm³/mol. The van der Waals surface area contributed by atoms with E-state index in [4.69, 9.17) is 9.47 Å². The van der Waals surface area contributed by atoms with Gasteiger partial charge in [0, 0.05) is 31.1 Å². The standard InChI is InChI=1S/C14H25NO3/c1-13(2,3)15-9-12(16)11-4-6-18-14(8-11)5-7-17-10-14/h11,15H,4-10H2,1-3H3. The van der Waals surface area contributed by atoms with E-state index in [9.17, 15) is 4.79 Å². The minimum Gasteiger partial charge on any atom is -0.378 e. The van der Waals surface area contributed by atoms with Gasteiger partial charge in [0.15, 0.2) is 0 Å². The van der Waals surface area contributed by atoms with Crippen molar-refractivity contribution < 1.29 is 14.3 Å². The van der Waals surface area contributed by atoms with Gasteiger partial charge < -0.3 is 14.8 Å². The van der Waals surface area contributed by atoms with Crippen LogP contribution in [0.4, 0.5) is 0 Å². The number of ketones is 1. The van der Waals surface area contributed by atoms with Crippen LogP contribution < -0.4 is 5.32 Å². The summed E-state index contributed by atoms with van der Waals surface area (Å²) in [6.07, 6.45) is 2.62. The molecule has 1 spiro atoms. The second-order valence-corrected chi connectivity index (χ2v) is 6.59. The van der Waals surface area contributed by atoms with Gasteiger partial charge in [-0.15, -0.1) is 0 Å². The van der Waals surface area contributed by atoms with Crippen LogP contribution in [0, 0.1) is 5.92 Å². The van der Waals surface area contributed by atoms with Crippen LogP contribution in [0.3, 0.4) is 0 Å². The summed E-state index contributed by atoms with van der Waals surface area (Å²) in [7, 11) is 0. The largest absolute Gasteiger partial charge is 0.378 e. The third-order valence-corrected chi connectivity index (χ3v) is 3.81. The Bertz CT molecular complexity index is 303. The molecule has 0 radical (unpaired) electrons. The molecule has 2 heterocycles. The molecule has 0 aromatic carbocycles. The molecule has 0 aromatic heterocycles. The molecule has 4 nitrogen and oxygen atoms in total. The van der Waals surface area contributed by atoms with Crippen LogP contribution in [-0.4, -0.2) is 43.3 Å². The Hall–Kier alpha value is -0.450. The number of hydrogen-bond donors (Lipinski definition) is 1. The number of Topliss-reactive ketones (excluding diaryl/α,β-unsaturated/α-hetero) is 1. The molecule has 104 valence electrons. The van der Waals surface area contributed by atoms with Gasteiger partial charge in [-0.3, -0.25) is 4.79 Å². The quantitative estimate of drug-likeness (QED) is 0.831. The molecule has 0 saturated carbocycles. The first-order valence-corrected chi connectivity index (χ1v) is 6.90. The normalized spacial score (nSPS) is 32.9. The Morgan fingerprint density at radius 1 is 1.39 bits per heavy atom. The molecular formula is C14H25NO3. The van der Waals surface area contributed by atoms with E-state index in [1.165, 1.54) is 0 Å². The topological polar surface area (TPSA) is 47.6 Å². The zero-order chi connectivity index (χ0) is 13.2. The summed E-state index contributed by atoms with van der Waals surface area (Å²) >= 11 is 0. The first-order valence-electron chi connectivity index (χ1n) is 6.90. The van der Waals surface area contributed by atoms with Crippen molar-refractivity contribution in [2.24, 2.45) is 5.92 Å². The lowest BCUT2D eigenvalue weighted by atomic mass is 9.83. The summed E-state index contributed by atoms with van der Waals surface area (Å²) in [5.41, 5.74) is -0.171. The molecule has 2 fully saturated rings. The third kappa shape index (κ3) is 3.53. The lowest BCUT2D eigenvalue weighted by Crippen LogP contribution is -2.46. The van der Waals surface area contributed by atoms with Crippen LogP contribution >= 0.6 is 0 Å². The van der Waals surface area contributed by atoms with Gasteiger partial charge in [0.05, 0.1) is 18.8 Å². The third-order valence-electron chi connectivity index (χ3n) is 3.81. The molecular weight excluding hydrogens is 230 g/mol. The van der Waals surface area contributed by atoms with Gasteiger partial charge in [-0.25, -0.2) is 0 Å². The van der Waals surface area contributed by atoms with Gasteiger partial charge in [-0.1, -0.05) is 0 Å². The lowest BCUT2D eigenvalue weighted by Gasteiger charge is -2.36. The van der Waals surface area contributed by atoms with Crippen molar-refractivity contribution in [3.8, 4) is 0 Å². The summed E-state index contributed by atoms with van der Waals surface area (Å²) in [4.78, 5) is 12.2. The van der Waals surface area contributed by atoms with Crippen LogP contribution in [0.1, 0.15) is 40.0 Å². The van der Waals surface area contributed by atoms with E-state index in [1.807, 2.05) is 0 Å². The summed E-state index contributed by atoms with van der Waals surface area (Å²) in [5.74, 6) is 0.454. The molecule has 2 unspecified atom stereocenters. The van der Waals surface area contributed by atoms with Crippen LogP contribution in [-0.2, 0) is 14.3 Å². The Morgan fingerprint density at radius 2 is 2.17 bits per heavy atom. The molecule has 2 atom stereocenters. The minimum absolute atomic E-state index is 0.00498. The zero-order valence-corrected chi connectivity index (χ0v) is 11.8. The molecule has 4 heteroatoms. The van der Waals surface area contributed by atoms with Gasteiger partial charge in [0.2, 0.25) is 0 Å². The highest BCUT2D eigenvalue weighted by molar-refractivity contribution is 5.83.